The van der Waals surface area contributed by atoms with Crippen molar-refractivity contribution in [1.29, 1.82) is 0 Å². The maximum Gasteiger partial charge on any atom is 0.118 e. The maximum absolute atomic E-state index is 13.1. The van der Waals surface area contributed by atoms with Crippen LogP contribution in [-0.2, 0) is 17.3 Å². The summed E-state index contributed by atoms with van der Waals surface area (Å²) in [6.07, 6.45) is 0. The topological polar surface area (TPSA) is 38.7 Å². The van der Waals surface area contributed by atoms with Crippen LogP contribution in [-0.4, -0.2) is 17.0 Å². The fraction of sp³-hybridized carbons (Fsp3) is 0.174. The van der Waals surface area contributed by atoms with Gasteiger partial charge in [-0.25, -0.2) is 4.21 Å². The molecule has 0 aliphatic rings. The number of benzene rings is 3. The van der Waals surface area contributed by atoms with Crippen LogP contribution >= 0.6 is 0 Å². The molecule has 0 amide bonds. The molecule has 0 aliphatic carbocycles. The first-order chi connectivity index (χ1) is 13.1. The van der Waals surface area contributed by atoms with Crippen molar-refractivity contribution in [2.75, 3.05) is 7.11 Å². The van der Waals surface area contributed by atoms with Gasteiger partial charge in [0.1, 0.15) is 5.75 Å². The highest BCUT2D eigenvalue weighted by Crippen LogP contribution is 2.22. The summed E-state index contributed by atoms with van der Waals surface area (Å²) in [7, 11) is 0.418. The maximum atomic E-state index is 13.1. The number of hydrogen-bond donors (Lipinski definition) is 0. The van der Waals surface area contributed by atoms with Crippen molar-refractivity contribution < 1.29 is 8.95 Å². The van der Waals surface area contributed by atoms with Gasteiger partial charge in [-0.05, 0) is 49.7 Å². The zero-order valence-electron chi connectivity index (χ0n) is 15.8. The Morgan fingerprint density at radius 1 is 0.963 bits per heavy atom. The number of nitrogens with zero attached hydrogens (tertiary/aromatic N) is 1. The van der Waals surface area contributed by atoms with Crippen LogP contribution in [0.1, 0.15) is 23.6 Å². The molecule has 0 heterocycles. The molecule has 0 bridgehead atoms. The fourth-order valence-corrected chi connectivity index (χ4v) is 4.00. The third-order valence-electron chi connectivity index (χ3n) is 4.37. The van der Waals surface area contributed by atoms with Crippen LogP contribution in [0.2, 0.25) is 0 Å². The zero-order chi connectivity index (χ0) is 19.2. The van der Waals surface area contributed by atoms with Crippen molar-refractivity contribution in [3.05, 3.63) is 89.5 Å². The van der Waals surface area contributed by atoms with Crippen molar-refractivity contribution in [1.82, 2.24) is 0 Å². The first-order valence-corrected chi connectivity index (χ1v) is 9.95. The van der Waals surface area contributed by atoms with Crippen LogP contribution in [0.5, 0.6) is 5.75 Å². The molecule has 0 saturated carbocycles. The summed E-state index contributed by atoms with van der Waals surface area (Å²) in [6.45, 7) is 4.56. The third kappa shape index (κ3) is 4.72. The van der Waals surface area contributed by atoms with Gasteiger partial charge in [-0.1, -0.05) is 48.0 Å². The van der Waals surface area contributed by atoms with E-state index in [9.17, 15) is 4.21 Å². The molecule has 3 aromatic carbocycles. The summed E-state index contributed by atoms with van der Waals surface area (Å²) >= 11 is 0. The minimum absolute atomic E-state index is 0.571. The lowest BCUT2D eigenvalue weighted by Gasteiger charge is -2.10. The Bertz CT molecular complexity index is 960. The molecule has 4 heteroatoms. The smallest absolute Gasteiger partial charge is 0.118 e. The van der Waals surface area contributed by atoms with Crippen molar-refractivity contribution in [3.8, 4) is 5.75 Å². The zero-order valence-corrected chi connectivity index (χ0v) is 16.6. The van der Waals surface area contributed by atoms with Crippen molar-refractivity contribution in [2.45, 2.75) is 30.2 Å². The normalized spacial score (nSPS) is 12.6. The fourth-order valence-electron chi connectivity index (χ4n) is 2.74. The molecular formula is C23H23NO2S. The van der Waals surface area contributed by atoms with Crippen molar-refractivity contribution >= 4 is 16.5 Å². The Hall–Kier alpha value is -2.72. The summed E-state index contributed by atoms with van der Waals surface area (Å²) in [5.41, 5.74) is 4.06. The Morgan fingerprint density at radius 2 is 1.63 bits per heavy atom. The van der Waals surface area contributed by atoms with Gasteiger partial charge in [0, 0.05) is 16.2 Å². The molecule has 3 nitrogen and oxygen atoms in total. The summed E-state index contributed by atoms with van der Waals surface area (Å²) in [5.74, 6) is 0.832. The second-order valence-corrected chi connectivity index (χ2v) is 7.78. The Labute approximate surface area is 163 Å². The van der Waals surface area contributed by atoms with Gasteiger partial charge in [0.25, 0.3) is 0 Å². The van der Waals surface area contributed by atoms with Crippen LogP contribution < -0.4 is 4.74 Å². The highest BCUT2D eigenvalue weighted by atomic mass is 32.2. The summed E-state index contributed by atoms with van der Waals surface area (Å²) in [5, 5.41) is 0. The molecule has 27 heavy (non-hydrogen) atoms. The lowest BCUT2D eigenvalue weighted by atomic mass is 10.1. The molecule has 0 aliphatic heterocycles. The monoisotopic (exact) mass is 377 g/mol. The Balaban J connectivity index is 1.85. The minimum Gasteiger partial charge on any atom is -0.497 e. The average Bonchev–Trinajstić information content (AvgIpc) is 2.72. The molecule has 0 unspecified atom stereocenters. The molecule has 0 aromatic heterocycles. The van der Waals surface area contributed by atoms with Gasteiger partial charge in [0.15, 0.2) is 0 Å². The van der Waals surface area contributed by atoms with E-state index in [1.165, 1.54) is 0 Å². The highest BCUT2D eigenvalue weighted by Gasteiger charge is 2.13. The number of aliphatic imine (C=N–C) groups is 1. The second-order valence-electron chi connectivity index (χ2n) is 6.33. The molecule has 3 aromatic rings. The molecule has 0 N–H and O–H groups in total. The molecule has 0 fully saturated rings. The van der Waals surface area contributed by atoms with Crippen LogP contribution in [0.3, 0.4) is 0 Å². The molecule has 0 spiro atoms. The van der Waals surface area contributed by atoms with E-state index in [-0.39, 0.29) is 0 Å². The van der Waals surface area contributed by atoms with E-state index >= 15 is 0 Å². The number of aryl methyl sites for hydroxylation is 1. The molecule has 0 radical (unpaired) electrons. The number of ether oxygens (including phenoxy) is 1. The van der Waals surface area contributed by atoms with Gasteiger partial charge in [-0.3, -0.25) is 4.99 Å². The largest absolute Gasteiger partial charge is 0.497 e. The third-order valence-corrected chi connectivity index (χ3v) is 5.83. The van der Waals surface area contributed by atoms with Gasteiger partial charge >= 0.3 is 0 Å². The number of hydrogen-bond acceptors (Lipinski definition) is 3. The van der Waals surface area contributed by atoms with Gasteiger partial charge in [0.05, 0.1) is 29.3 Å². The predicted octanol–water partition coefficient (Wildman–Crippen LogP) is 5.18. The van der Waals surface area contributed by atoms with Crippen LogP contribution in [0.4, 0.5) is 0 Å². The highest BCUT2D eigenvalue weighted by molar-refractivity contribution is 7.85. The standard InChI is InChI=1S/C23H23NO2S/c1-17-8-14-21(15-9-17)27(25)23-7-5-4-6-22(23)18(2)24-16-19-10-12-20(26-3)13-11-19/h4-15H,16H2,1-3H3/t27-/m0/s1. The summed E-state index contributed by atoms with van der Waals surface area (Å²) < 4.78 is 18.3. The van der Waals surface area contributed by atoms with Crippen molar-refractivity contribution in [3.63, 3.8) is 0 Å². The first kappa shape index (κ1) is 19.1. The SMILES string of the molecule is COc1ccc(CN=C(C)c2ccccc2[S@@](=O)c2ccc(C)cc2)cc1. The van der Waals surface area contributed by atoms with E-state index in [4.69, 9.17) is 9.73 Å². The molecule has 1 atom stereocenters. The lowest BCUT2D eigenvalue weighted by Crippen LogP contribution is -2.04. The first-order valence-electron chi connectivity index (χ1n) is 8.80. The predicted molar refractivity (Wildman–Crippen MR) is 111 cm³/mol. The van der Waals surface area contributed by atoms with Gasteiger partial charge < -0.3 is 4.74 Å². The second kappa shape index (κ2) is 8.78. The Morgan fingerprint density at radius 3 is 2.30 bits per heavy atom. The van der Waals surface area contributed by atoms with E-state index in [0.29, 0.717) is 6.54 Å². The number of rotatable bonds is 6. The summed E-state index contributed by atoms with van der Waals surface area (Å²) in [6, 6.07) is 23.5. The summed E-state index contributed by atoms with van der Waals surface area (Å²) in [4.78, 5) is 6.30. The number of methoxy groups -OCH3 is 1. The van der Waals surface area contributed by atoms with Gasteiger partial charge in [-0.2, -0.15) is 0 Å². The quantitative estimate of drug-likeness (QED) is 0.555. The molecule has 0 saturated heterocycles. The van der Waals surface area contributed by atoms with Crippen LogP contribution in [0, 0.1) is 6.92 Å². The average molecular weight is 378 g/mol. The van der Waals surface area contributed by atoms with Crippen molar-refractivity contribution in [2.24, 2.45) is 4.99 Å². The van der Waals surface area contributed by atoms with E-state index in [0.717, 1.165) is 37.9 Å². The van der Waals surface area contributed by atoms with Gasteiger partial charge in [-0.15, -0.1) is 0 Å². The van der Waals surface area contributed by atoms with E-state index < -0.39 is 10.8 Å². The van der Waals surface area contributed by atoms with E-state index in [1.807, 2.05) is 86.6 Å². The lowest BCUT2D eigenvalue weighted by molar-refractivity contribution is 0.414. The molecule has 138 valence electrons. The minimum atomic E-state index is -1.24. The van der Waals surface area contributed by atoms with E-state index in [2.05, 4.69) is 0 Å². The molecular weight excluding hydrogens is 354 g/mol. The Kier molecular flexibility index (Phi) is 6.20. The van der Waals surface area contributed by atoms with E-state index in [1.54, 1.807) is 7.11 Å². The van der Waals surface area contributed by atoms with Gasteiger partial charge in [0.2, 0.25) is 0 Å². The van der Waals surface area contributed by atoms with Crippen LogP contribution in [0.25, 0.3) is 0 Å². The van der Waals surface area contributed by atoms with Crippen LogP contribution in [0.15, 0.2) is 87.6 Å². The molecule has 3 rings (SSSR count).